The number of aliphatic imine (C=N–C) groups is 1. The highest BCUT2D eigenvalue weighted by Gasteiger charge is 2.35. The highest BCUT2D eigenvalue weighted by atomic mass is 19.2. The van der Waals surface area contributed by atoms with Crippen LogP contribution in [0.3, 0.4) is 0 Å². The van der Waals surface area contributed by atoms with Crippen LogP contribution in [0, 0.1) is 34.5 Å². The summed E-state index contributed by atoms with van der Waals surface area (Å²) >= 11 is 0. The quantitative estimate of drug-likeness (QED) is 0.123. The molecule has 0 atom stereocenters. The van der Waals surface area contributed by atoms with Gasteiger partial charge in [0, 0.05) is 11.8 Å². The number of hydrogen-bond donors (Lipinski definition) is 1. The average molecular weight is 358 g/mol. The molecule has 0 heterocycles. The summed E-state index contributed by atoms with van der Waals surface area (Å²) in [5, 5.41) is 21.2. The van der Waals surface area contributed by atoms with Crippen molar-refractivity contribution in [3.05, 3.63) is 56.9 Å². The first-order valence-corrected chi connectivity index (χ1v) is 6.63. The Morgan fingerprint density at radius 1 is 1.36 bits per heavy atom. The number of ether oxygens (including phenoxy) is 1. The van der Waals surface area contributed by atoms with Crippen LogP contribution in [-0.4, -0.2) is 35.9 Å². The normalized spacial score (nSPS) is 12.0. The second-order valence-corrected chi connectivity index (χ2v) is 4.58. The number of carbonyl (C=O) groups excluding carboxylic acids is 1. The summed E-state index contributed by atoms with van der Waals surface area (Å²) in [5.74, 6) is -7.88. The number of esters is 1. The van der Waals surface area contributed by atoms with E-state index in [1.54, 1.807) is 0 Å². The van der Waals surface area contributed by atoms with Gasteiger partial charge in [-0.3, -0.25) is 15.1 Å². The smallest absolute Gasteiger partial charge is 0.343 e. The van der Waals surface area contributed by atoms with E-state index >= 15 is 0 Å². The highest BCUT2D eigenvalue weighted by Crippen LogP contribution is 2.35. The van der Waals surface area contributed by atoms with E-state index in [1.807, 2.05) is 0 Å². The predicted molar refractivity (Wildman–Crippen MR) is 82.8 cm³/mol. The van der Waals surface area contributed by atoms with E-state index in [-0.39, 0.29) is 6.54 Å². The van der Waals surface area contributed by atoms with Crippen LogP contribution in [-0.2, 0) is 9.53 Å². The molecule has 134 valence electrons. The van der Waals surface area contributed by atoms with Crippen LogP contribution >= 0.6 is 0 Å². The molecule has 0 unspecified atom stereocenters. The fraction of sp³-hybridized carbons (Fsp3) is 0.200. The number of nitro benzene ring substituents is 1. The number of halogens is 3. The molecule has 25 heavy (non-hydrogen) atoms. The molecule has 1 aromatic carbocycles. The van der Waals surface area contributed by atoms with Gasteiger partial charge in [-0.2, -0.15) is 4.39 Å². The molecular formula is C15H13F3N2O5. The number of methoxy groups -OCH3 is 1. The number of nitrogens with zero attached hydrogens (tertiary/aromatic N) is 2. The summed E-state index contributed by atoms with van der Waals surface area (Å²) in [6.07, 6.45) is 2.08. The third-order valence-electron chi connectivity index (χ3n) is 3.05. The predicted octanol–water partition coefficient (Wildman–Crippen LogP) is 3.02. The van der Waals surface area contributed by atoms with Gasteiger partial charge in [-0.1, -0.05) is 6.08 Å². The Bertz CT molecular complexity index is 803. The number of carbonyl (C=O) groups is 1. The fourth-order valence-electron chi connectivity index (χ4n) is 1.83. The van der Waals surface area contributed by atoms with Gasteiger partial charge in [0.25, 0.3) is 0 Å². The molecule has 1 rings (SSSR count). The van der Waals surface area contributed by atoms with E-state index in [2.05, 4.69) is 16.3 Å². The molecule has 1 aromatic rings. The zero-order chi connectivity index (χ0) is 19.3. The van der Waals surface area contributed by atoms with E-state index in [0.29, 0.717) is 0 Å². The minimum Gasteiger partial charge on any atom is -0.506 e. The Morgan fingerprint density at radius 2 is 1.96 bits per heavy atom. The van der Waals surface area contributed by atoms with E-state index in [0.717, 1.165) is 20.2 Å². The number of aliphatic hydroxyl groups excluding tert-OH is 1. The molecule has 0 bridgehead atoms. The van der Waals surface area contributed by atoms with E-state index in [1.165, 1.54) is 6.08 Å². The van der Waals surface area contributed by atoms with Crippen LogP contribution in [0.4, 0.5) is 18.9 Å². The number of nitro groups is 1. The molecule has 10 heteroatoms. The molecule has 0 aliphatic rings. The first-order chi connectivity index (χ1) is 11.7. The number of hydrogen-bond acceptors (Lipinski definition) is 6. The van der Waals surface area contributed by atoms with Crippen molar-refractivity contribution in [2.75, 3.05) is 13.7 Å². The zero-order valence-electron chi connectivity index (χ0n) is 13.2. The molecule has 0 aromatic heterocycles. The van der Waals surface area contributed by atoms with Crippen LogP contribution in [0.1, 0.15) is 11.1 Å². The van der Waals surface area contributed by atoms with Crippen LogP contribution < -0.4 is 0 Å². The Balaban J connectivity index is 3.89. The summed E-state index contributed by atoms with van der Waals surface area (Å²) in [6.45, 7) is 4.17. The number of benzene rings is 1. The largest absolute Gasteiger partial charge is 0.506 e. The Hall–Kier alpha value is -3.17. The topological polar surface area (TPSA) is 102 Å². The van der Waals surface area contributed by atoms with Gasteiger partial charge < -0.3 is 9.84 Å². The molecule has 0 aliphatic carbocycles. The minimum absolute atomic E-state index is 0.00481. The molecule has 0 spiro atoms. The van der Waals surface area contributed by atoms with Crippen molar-refractivity contribution in [2.45, 2.75) is 6.92 Å². The van der Waals surface area contributed by atoms with Crippen LogP contribution in [0.5, 0.6) is 0 Å². The first-order valence-electron chi connectivity index (χ1n) is 6.63. The van der Waals surface area contributed by atoms with Crippen molar-refractivity contribution >= 4 is 23.6 Å². The van der Waals surface area contributed by atoms with Gasteiger partial charge in [-0.05, 0) is 6.92 Å². The summed E-state index contributed by atoms with van der Waals surface area (Å²) in [4.78, 5) is 25.0. The van der Waals surface area contributed by atoms with E-state index < -0.39 is 56.5 Å². The molecule has 0 saturated carbocycles. The van der Waals surface area contributed by atoms with Crippen molar-refractivity contribution in [1.82, 2.24) is 0 Å². The van der Waals surface area contributed by atoms with Crippen LogP contribution in [0.2, 0.25) is 0 Å². The van der Waals surface area contributed by atoms with Crippen molar-refractivity contribution in [3.63, 3.8) is 0 Å². The lowest BCUT2D eigenvalue weighted by Crippen LogP contribution is -2.13. The third-order valence-corrected chi connectivity index (χ3v) is 3.05. The molecule has 1 N–H and O–H groups in total. The Labute approximate surface area is 139 Å². The minimum atomic E-state index is -1.97. The summed E-state index contributed by atoms with van der Waals surface area (Å²) < 4.78 is 46.2. The van der Waals surface area contributed by atoms with Crippen molar-refractivity contribution in [2.24, 2.45) is 4.99 Å². The SMILES string of the molecule is C=CCN=CC(C(=O)OC)=C(O)c1c(F)c(C)c(F)c(F)c1[N+](=O)[O-]. The van der Waals surface area contributed by atoms with Crippen LogP contribution in [0.15, 0.2) is 23.2 Å². The van der Waals surface area contributed by atoms with E-state index in [4.69, 9.17) is 0 Å². The molecule has 0 saturated heterocycles. The maximum atomic E-state index is 14.3. The van der Waals surface area contributed by atoms with Gasteiger partial charge in [-0.15, -0.1) is 6.58 Å². The first kappa shape index (κ1) is 19.9. The van der Waals surface area contributed by atoms with Gasteiger partial charge >= 0.3 is 11.7 Å². The molecule has 0 fully saturated rings. The van der Waals surface area contributed by atoms with Gasteiger partial charge in [0.1, 0.15) is 22.7 Å². The monoisotopic (exact) mass is 358 g/mol. The van der Waals surface area contributed by atoms with Crippen LogP contribution in [0.25, 0.3) is 5.76 Å². The molecule has 0 amide bonds. The van der Waals surface area contributed by atoms with E-state index in [9.17, 15) is 33.2 Å². The van der Waals surface area contributed by atoms with Crippen molar-refractivity contribution in [3.8, 4) is 0 Å². The molecule has 0 radical (unpaired) electrons. The van der Waals surface area contributed by atoms with Gasteiger partial charge in [0.2, 0.25) is 5.82 Å². The lowest BCUT2D eigenvalue weighted by atomic mass is 10.0. The Kier molecular flexibility index (Phi) is 6.43. The maximum Gasteiger partial charge on any atom is 0.343 e. The second-order valence-electron chi connectivity index (χ2n) is 4.58. The maximum absolute atomic E-state index is 14.3. The Morgan fingerprint density at radius 3 is 2.44 bits per heavy atom. The lowest BCUT2D eigenvalue weighted by Gasteiger charge is -2.10. The van der Waals surface area contributed by atoms with Gasteiger partial charge in [0.05, 0.1) is 18.6 Å². The molecular weight excluding hydrogens is 345 g/mol. The lowest BCUT2D eigenvalue weighted by molar-refractivity contribution is -0.388. The standard InChI is InChI=1S/C15H13F3N2O5/c1-4-5-19-6-8(15(22)25-3)14(21)9-10(16)7(2)11(17)12(18)13(9)20(23)24/h4,6,21H,1,5H2,2-3H3. The average Bonchev–Trinajstić information content (AvgIpc) is 2.58. The third kappa shape index (κ3) is 3.84. The molecule has 7 nitrogen and oxygen atoms in total. The fourth-order valence-corrected chi connectivity index (χ4v) is 1.83. The van der Waals surface area contributed by atoms with Crippen molar-refractivity contribution in [1.29, 1.82) is 0 Å². The zero-order valence-corrected chi connectivity index (χ0v) is 13.2. The van der Waals surface area contributed by atoms with Crippen molar-refractivity contribution < 1.29 is 32.7 Å². The second kappa shape index (κ2) is 8.08. The summed E-state index contributed by atoms with van der Waals surface area (Å²) in [7, 11) is 0.929. The highest BCUT2D eigenvalue weighted by molar-refractivity contribution is 6.15. The van der Waals surface area contributed by atoms with Gasteiger partial charge in [-0.25, -0.2) is 13.6 Å². The summed E-state index contributed by atoms with van der Waals surface area (Å²) in [5.41, 5.74) is -4.63. The summed E-state index contributed by atoms with van der Waals surface area (Å²) in [6, 6.07) is 0. The number of rotatable bonds is 6. The number of aliphatic hydroxyl groups is 1. The molecule has 0 aliphatic heterocycles. The van der Waals surface area contributed by atoms with Gasteiger partial charge in [0.15, 0.2) is 5.82 Å².